The van der Waals surface area contributed by atoms with Crippen LogP contribution in [0.5, 0.6) is 0 Å². The number of anilines is 1. The number of fused-ring (bicyclic) bond motifs is 4. The Morgan fingerprint density at radius 3 is 2.06 bits per heavy atom. The average Bonchev–Trinajstić information content (AvgIpc) is 3.76. The SMILES string of the molecule is Cc1nc2c(C3(c4cccc(N5C=CN(C)C5)c4)c4ccccc4-c4ccccc43)cc(C(C)(C)c3cc(C(C)(C)C)ccn3)cn2c1C. The highest BCUT2D eigenvalue weighted by atomic mass is 15.3. The van der Waals surface area contributed by atoms with Crippen LogP contribution >= 0.6 is 0 Å². The van der Waals surface area contributed by atoms with Gasteiger partial charge in [-0.3, -0.25) is 4.98 Å². The van der Waals surface area contributed by atoms with Crippen molar-refractivity contribution >= 4 is 11.3 Å². The molecule has 5 nitrogen and oxygen atoms in total. The lowest BCUT2D eigenvalue weighted by Gasteiger charge is -2.36. The molecule has 0 radical (unpaired) electrons. The third-order valence-electron chi connectivity index (χ3n) is 11.0. The molecule has 246 valence electrons. The highest BCUT2D eigenvalue weighted by Gasteiger charge is 2.48. The minimum atomic E-state index is -0.614. The van der Waals surface area contributed by atoms with Crippen LogP contribution in [0, 0.1) is 13.8 Å². The van der Waals surface area contributed by atoms with E-state index in [2.05, 4.69) is 179 Å². The summed E-state index contributed by atoms with van der Waals surface area (Å²) in [6.45, 7) is 16.6. The average molecular weight is 644 g/mol. The molecule has 0 fully saturated rings. The second-order valence-electron chi connectivity index (χ2n) is 15.5. The molecule has 2 aliphatic rings. The first-order valence-corrected chi connectivity index (χ1v) is 17.3. The van der Waals surface area contributed by atoms with Crippen molar-refractivity contribution in [2.75, 3.05) is 18.6 Å². The topological polar surface area (TPSA) is 36.7 Å². The third kappa shape index (κ3) is 4.66. The van der Waals surface area contributed by atoms with Crippen molar-refractivity contribution in [3.05, 3.63) is 166 Å². The summed E-state index contributed by atoms with van der Waals surface area (Å²) in [5, 5.41) is 0. The van der Waals surface area contributed by atoms with Crippen LogP contribution in [0.2, 0.25) is 0 Å². The number of hydrogen-bond donors (Lipinski definition) is 0. The fourth-order valence-corrected chi connectivity index (χ4v) is 7.98. The summed E-state index contributed by atoms with van der Waals surface area (Å²) in [5.74, 6) is 0. The van der Waals surface area contributed by atoms with Gasteiger partial charge in [0.25, 0.3) is 0 Å². The molecule has 49 heavy (non-hydrogen) atoms. The zero-order chi connectivity index (χ0) is 34.3. The van der Waals surface area contributed by atoms with Crippen LogP contribution in [0.4, 0.5) is 5.69 Å². The van der Waals surface area contributed by atoms with E-state index < -0.39 is 5.41 Å². The molecule has 1 aliphatic carbocycles. The molecule has 3 aromatic heterocycles. The Labute approximate surface area is 290 Å². The third-order valence-corrected chi connectivity index (χ3v) is 11.0. The fourth-order valence-electron chi connectivity index (χ4n) is 7.98. The molecular weight excluding hydrogens is 599 g/mol. The molecule has 0 saturated heterocycles. The van der Waals surface area contributed by atoms with Gasteiger partial charge in [-0.05, 0) is 88.5 Å². The Morgan fingerprint density at radius 1 is 0.714 bits per heavy atom. The molecule has 1 aliphatic heterocycles. The van der Waals surface area contributed by atoms with Gasteiger partial charge in [0.1, 0.15) is 5.65 Å². The maximum absolute atomic E-state index is 5.34. The van der Waals surface area contributed by atoms with Gasteiger partial charge in [0.15, 0.2) is 0 Å². The Balaban J connectivity index is 1.48. The van der Waals surface area contributed by atoms with Crippen LogP contribution in [-0.2, 0) is 16.2 Å². The van der Waals surface area contributed by atoms with E-state index in [-0.39, 0.29) is 10.8 Å². The first-order valence-electron chi connectivity index (χ1n) is 17.3. The van der Waals surface area contributed by atoms with Crippen LogP contribution < -0.4 is 4.90 Å². The number of aryl methyl sites for hydroxylation is 2. The van der Waals surface area contributed by atoms with Gasteiger partial charge in [-0.15, -0.1) is 0 Å². The highest BCUT2D eigenvalue weighted by molar-refractivity contribution is 5.88. The van der Waals surface area contributed by atoms with E-state index in [1.807, 2.05) is 6.20 Å². The zero-order valence-electron chi connectivity index (χ0n) is 29.9. The lowest BCUT2D eigenvalue weighted by Crippen LogP contribution is -2.31. The Kier molecular flexibility index (Phi) is 6.94. The summed E-state index contributed by atoms with van der Waals surface area (Å²) in [4.78, 5) is 14.9. The Bertz CT molecular complexity index is 2240. The Morgan fingerprint density at radius 2 is 1.41 bits per heavy atom. The predicted molar refractivity (Wildman–Crippen MR) is 201 cm³/mol. The summed E-state index contributed by atoms with van der Waals surface area (Å²) >= 11 is 0. The van der Waals surface area contributed by atoms with E-state index in [0.717, 1.165) is 29.4 Å². The summed E-state index contributed by atoms with van der Waals surface area (Å²) < 4.78 is 2.34. The number of rotatable bonds is 5. The largest absolute Gasteiger partial charge is 0.361 e. The molecule has 0 unspecified atom stereocenters. The molecule has 0 spiro atoms. The first kappa shape index (κ1) is 31.1. The van der Waals surface area contributed by atoms with E-state index in [1.54, 1.807) is 0 Å². The fraction of sp³-hybridized carbons (Fsp3) is 0.273. The van der Waals surface area contributed by atoms with Crippen LogP contribution in [-0.4, -0.2) is 33.0 Å². The van der Waals surface area contributed by atoms with Crippen molar-refractivity contribution < 1.29 is 0 Å². The first-order chi connectivity index (χ1) is 23.4. The highest BCUT2D eigenvalue weighted by Crippen LogP contribution is 2.57. The maximum Gasteiger partial charge on any atom is 0.142 e. The number of imidazole rings is 1. The monoisotopic (exact) mass is 643 g/mol. The summed E-state index contributed by atoms with van der Waals surface area (Å²) in [6.07, 6.45) is 8.59. The molecule has 6 aromatic rings. The molecule has 0 N–H and O–H groups in total. The van der Waals surface area contributed by atoms with Crippen molar-refractivity contribution in [2.24, 2.45) is 0 Å². The lowest BCUT2D eigenvalue weighted by atomic mass is 9.66. The van der Waals surface area contributed by atoms with Crippen molar-refractivity contribution in [3.8, 4) is 11.1 Å². The lowest BCUT2D eigenvalue weighted by molar-refractivity contribution is 0.495. The van der Waals surface area contributed by atoms with Crippen molar-refractivity contribution in [1.29, 1.82) is 0 Å². The maximum atomic E-state index is 5.34. The molecule has 0 amide bonds. The molecule has 4 heterocycles. The second-order valence-corrected chi connectivity index (χ2v) is 15.5. The van der Waals surface area contributed by atoms with Gasteiger partial charge in [0.05, 0.1) is 23.5 Å². The number of benzene rings is 3. The van der Waals surface area contributed by atoms with E-state index in [1.165, 1.54) is 50.2 Å². The van der Waals surface area contributed by atoms with Gasteiger partial charge in [0, 0.05) is 54.2 Å². The number of hydrogen-bond acceptors (Lipinski definition) is 4. The van der Waals surface area contributed by atoms with Crippen molar-refractivity contribution in [1.82, 2.24) is 19.3 Å². The predicted octanol–water partition coefficient (Wildman–Crippen LogP) is 9.51. The smallest absolute Gasteiger partial charge is 0.142 e. The molecule has 0 bridgehead atoms. The van der Waals surface area contributed by atoms with Gasteiger partial charge in [-0.1, -0.05) is 95.3 Å². The number of pyridine rings is 2. The van der Waals surface area contributed by atoms with Gasteiger partial charge in [-0.2, -0.15) is 0 Å². The minimum absolute atomic E-state index is 0.0204. The van der Waals surface area contributed by atoms with Gasteiger partial charge >= 0.3 is 0 Å². The second kappa shape index (κ2) is 10.9. The normalized spacial score (nSPS) is 15.3. The van der Waals surface area contributed by atoms with E-state index in [0.29, 0.717) is 0 Å². The molecule has 0 saturated carbocycles. The molecule has 5 heteroatoms. The molecule has 3 aromatic carbocycles. The van der Waals surface area contributed by atoms with E-state index >= 15 is 0 Å². The van der Waals surface area contributed by atoms with Crippen molar-refractivity contribution in [3.63, 3.8) is 0 Å². The van der Waals surface area contributed by atoms with Gasteiger partial charge in [0.2, 0.25) is 0 Å². The zero-order valence-corrected chi connectivity index (χ0v) is 29.9. The summed E-state index contributed by atoms with van der Waals surface area (Å²) in [6, 6.07) is 34.0. The van der Waals surface area contributed by atoms with Crippen molar-refractivity contribution in [2.45, 2.75) is 64.7 Å². The number of nitrogens with zero attached hydrogens (tertiary/aromatic N) is 5. The molecular formula is C44H45N5. The standard InChI is InChI=1S/C44H45N5/c1-29-30(2)49-27-33(43(6,7)40-26-31(20-21-45-40)42(3,4)5)25-39(41(49)46-29)44(32-14-13-15-34(24-32)48-23-22-47(8)28-48)37-18-11-9-16-35(37)36-17-10-12-19-38(36)44/h9-27H,28H2,1-8H3. The number of aromatic nitrogens is 3. The molecule has 8 rings (SSSR count). The van der Waals surface area contributed by atoms with Crippen LogP contribution in [0.15, 0.2) is 116 Å². The molecule has 0 atom stereocenters. The minimum Gasteiger partial charge on any atom is -0.361 e. The summed E-state index contributed by atoms with van der Waals surface area (Å²) in [5.41, 5.74) is 14.4. The quantitative estimate of drug-likeness (QED) is 0.187. The van der Waals surface area contributed by atoms with E-state index in [9.17, 15) is 0 Å². The van der Waals surface area contributed by atoms with Crippen LogP contribution in [0.1, 0.15) is 85.1 Å². The summed E-state index contributed by atoms with van der Waals surface area (Å²) in [7, 11) is 2.12. The van der Waals surface area contributed by atoms with Crippen LogP contribution in [0.3, 0.4) is 0 Å². The Hall–Kier alpha value is -5.16. The van der Waals surface area contributed by atoms with Crippen LogP contribution in [0.25, 0.3) is 16.8 Å². The van der Waals surface area contributed by atoms with E-state index in [4.69, 9.17) is 9.97 Å². The van der Waals surface area contributed by atoms with Gasteiger partial charge in [-0.25, -0.2) is 4.98 Å². The van der Waals surface area contributed by atoms with Gasteiger partial charge < -0.3 is 14.2 Å².